The monoisotopic (exact) mass is 303 g/mol. The first-order valence-electron chi connectivity index (χ1n) is 7.91. The van der Waals surface area contributed by atoms with Crippen molar-refractivity contribution in [2.24, 2.45) is 5.92 Å². The fraction of sp³-hybridized carbons (Fsp3) is 0.529. The Morgan fingerprint density at radius 1 is 1.14 bits per heavy atom. The summed E-state index contributed by atoms with van der Waals surface area (Å²) in [5, 5.41) is 8.67. The van der Waals surface area contributed by atoms with Crippen LogP contribution in [0, 0.1) is 12.8 Å². The van der Waals surface area contributed by atoms with Crippen molar-refractivity contribution in [1.82, 2.24) is 5.32 Å². The van der Waals surface area contributed by atoms with E-state index in [4.69, 9.17) is 0 Å². The molecular formula is C17H25N3O2. The van der Waals surface area contributed by atoms with Crippen LogP contribution in [0.4, 0.5) is 16.2 Å². The average molecular weight is 303 g/mol. The summed E-state index contributed by atoms with van der Waals surface area (Å²) in [6.45, 7) is 5.57. The Kier molecular flexibility index (Phi) is 5.41. The third-order valence-electron chi connectivity index (χ3n) is 4.23. The molecule has 0 bridgehead atoms. The molecule has 3 amide bonds. The number of hydrogen-bond acceptors (Lipinski definition) is 2. The van der Waals surface area contributed by atoms with Crippen LogP contribution in [0.3, 0.4) is 0 Å². The van der Waals surface area contributed by atoms with Gasteiger partial charge in [0.25, 0.3) is 0 Å². The second-order valence-electron chi connectivity index (χ2n) is 6.18. The van der Waals surface area contributed by atoms with E-state index < -0.39 is 0 Å². The number of hydrogen-bond donors (Lipinski definition) is 3. The van der Waals surface area contributed by atoms with Crippen LogP contribution in [0.15, 0.2) is 18.2 Å². The smallest absolute Gasteiger partial charge is 0.319 e. The molecule has 2 rings (SSSR count). The third-order valence-corrected chi connectivity index (χ3v) is 4.23. The normalized spacial score (nSPS) is 21.0. The summed E-state index contributed by atoms with van der Waals surface area (Å²) in [5.74, 6) is 0.396. The summed E-state index contributed by atoms with van der Waals surface area (Å²) in [6.07, 6.45) is 4.63. The van der Waals surface area contributed by atoms with Crippen LogP contribution in [-0.2, 0) is 4.79 Å². The Morgan fingerprint density at radius 3 is 2.55 bits per heavy atom. The molecule has 1 saturated carbocycles. The maximum Gasteiger partial charge on any atom is 0.319 e. The summed E-state index contributed by atoms with van der Waals surface area (Å²) < 4.78 is 0. The fourth-order valence-corrected chi connectivity index (χ4v) is 2.89. The maximum atomic E-state index is 12.1. The molecule has 1 aromatic rings. The van der Waals surface area contributed by atoms with Crippen molar-refractivity contribution >= 4 is 23.3 Å². The third kappa shape index (κ3) is 4.48. The number of rotatable bonds is 3. The van der Waals surface area contributed by atoms with E-state index in [9.17, 15) is 9.59 Å². The van der Waals surface area contributed by atoms with Gasteiger partial charge in [0.1, 0.15) is 0 Å². The lowest BCUT2D eigenvalue weighted by Gasteiger charge is -2.29. The molecule has 5 nitrogen and oxygen atoms in total. The van der Waals surface area contributed by atoms with E-state index in [1.54, 1.807) is 6.07 Å². The van der Waals surface area contributed by atoms with Gasteiger partial charge in [-0.2, -0.15) is 0 Å². The van der Waals surface area contributed by atoms with Gasteiger partial charge in [0.15, 0.2) is 0 Å². The lowest BCUT2D eigenvalue weighted by molar-refractivity contribution is -0.114. The fourth-order valence-electron chi connectivity index (χ4n) is 2.89. The molecule has 120 valence electrons. The van der Waals surface area contributed by atoms with Crippen LogP contribution in [-0.4, -0.2) is 18.0 Å². The Hall–Kier alpha value is -2.04. The standard InChI is InChI=1S/C17H25N3O2/c1-11-6-4-5-7-15(11)20-17(22)19-14-9-8-12(2)16(10-14)18-13(3)21/h8-11,15H,4-7H2,1-3H3,(H,18,21)(H2,19,20,22). The van der Waals surface area contributed by atoms with Gasteiger partial charge in [0, 0.05) is 24.3 Å². The predicted molar refractivity (Wildman–Crippen MR) is 89.1 cm³/mol. The summed E-state index contributed by atoms with van der Waals surface area (Å²) >= 11 is 0. The zero-order chi connectivity index (χ0) is 16.1. The number of nitrogens with one attached hydrogen (secondary N) is 3. The Bertz CT molecular complexity index is 557. The van der Waals surface area contributed by atoms with Crippen LogP contribution >= 0.6 is 0 Å². The molecule has 1 aliphatic carbocycles. The minimum atomic E-state index is -0.184. The van der Waals surface area contributed by atoms with Crippen molar-refractivity contribution in [3.63, 3.8) is 0 Å². The van der Waals surface area contributed by atoms with Gasteiger partial charge in [-0.05, 0) is 43.4 Å². The summed E-state index contributed by atoms with van der Waals surface area (Å²) in [6, 6.07) is 5.56. The number of urea groups is 1. The molecule has 0 aliphatic heterocycles. The lowest BCUT2D eigenvalue weighted by atomic mass is 9.86. The van der Waals surface area contributed by atoms with Gasteiger partial charge in [-0.25, -0.2) is 4.79 Å². The van der Waals surface area contributed by atoms with Gasteiger partial charge in [-0.1, -0.05) is 25.8 Å². The molecule has 0 radical (unpaired) electrons. The van der Waals surface area contributed by atoms with Crippen molar-refractivity contribution in [1.29, 1.82) is 0 Å². The van der Waals surface area contributed by atoms with Crippen molar-refractivity contribution in [2.75, 3.05) is 10.6 Å². The molecule has 0 saturated heterocycles. The van der Waals surface area contributed by atoms with E-state index in [0.29, 0.717) is 11.6 Å². The molecule has 1 aliphatic rings. The molecule has 0 heterocycles. The van der Waals surface area contributed by atoms with Crippen molar-refractivity contribution in [3.05, 3.63) is 23.8 Å². The van der Waals surface area contributed by atoms with Crippen molar-refractivity contribution < 1.29 is 9.59 Å². The van der Waals surface area contributed by atoms with E-state index in [1.165, 1.54) is 26.2 Å². The molecule has 3 N–H and O–H groups in total. The largest absolute Gasteiger partial charge is 0.335 e. The first kappa shape index (κ1) is 16.3. The molecule has 22 heavy (non-hydrogen) atoms. The molecule has 0 spiro atoms. The summed E-state index contributed by atoms with van der Waals surface area (Å²) in [4.78, 5) is 23.3. The summed E-state index contributed by atoms with van der Waals surface area (Å²) in [7, 11) is 0. The van der Waals surface area contributed by atoms with E-state index in [0.717, 1.165) is 17.7 Å². The topological polar surface area (TPSA) is 70.2 Å². The first-order chi connectivity index (χ1) is 10.5. The quantitative estimate of drug-likeness (QED) is 0.797. The zero-order valence-electron chi connectivity index (χ0n) is 13.5. The van der Waals surface area contributed by atoms with Crippen molar-refractivity contribution in [3.8, 4) is 0 Å². The van der Waals surface area contributed by atoms with E-state index in [1.807, 2.05) is 19.1 Å². The highest BCUT2D eigenvalue weighted by Gasteiger charge is 2.22. The second kappa shape index (κ2) is 7.29. The van der Waals surface area contributed by atoms with E-state index in [-0.39, 0.29) is 18.0 Å². The van der Waals surface area contributed by atoms with Crippen LogP contribution in [0.2, 0.25) is 0 Å². The number of carbonyl (C=O) groups excluding carboxylic acids is 2. The highest BCUT2D eigenvalue weighted by Crippen LogP contribution is 2.24. The molecule has 2 atom stereocenters. The minimum absolute atomic E-state index is 0.124. The zero-order valence-corrected chi connectivity index (χ0v) is 13.5. The summed E-state index contributed by atoms with van der Waals surface area (Å²) in [5.41, 5.74) is 2.36. The molecule has 5 heteroatoms. The average Bonchev–Trinajstić information content (AvgIpc) is 2.44. The highest BCUT2D eigenvalue weighted by atomic mass is 16.2. The van der Waals surface area contributed by atoms with Crippen LogP contribution in [0.1, 0.15) is 45.1 Å². The van der Waals surface area contributed by atoms with E-state index in [2.05, 4.69) is 22.9 Å². The van der Waals surface area contributed by atoms with Gasteiger partial charge >= 0.3 is 6.03 Å². The number of carbonyl (C=O) groups is 2. The minimum Gasteiger partial charge on any atom is -0.335 e. The second-order valence-corrected chi connectivity index (χ2v) is 6.18. The van der Waals surface area contributed by atoms with Gasteiger partial charge < -0.3 is 16.0 Å². The molecular weight excluding hydrogens is 278 g/mol. The first-order valence-corrected chi connectivity index (χ1v) is 7.91. The maximum absolute atomic E-state index is 12.1. The van der Waals surface area contributed by atoms with Crippen LogP contribution in [0.5, 0.6) is 0 Å². The number of anilines is 2. The van der Waals surface area contributed by atoms with Gasteiger partial charge in [0.05, 0.1) is 0 Å². The lowest BCUT2D eigenvalue weighted by Crippen LogP contribution is -2.43. The van der Waals surface area contributed by atoms with Gasteiger partial charge in [0.2, 0.25) is 5.91 Å². The highest BCUT2D eigenvalue weighted by molar-refractivity contribution is 5.93. The van der Waals surface area contributed by atoms with Crippen LogP contribution in [0.25, 0.3) is 0 Å². The van der Waals surface area contributed by atoms with Crippen LogP contribution < -0.4 is 16.0 Å². The number of amides is 3. The molecule has 1 fully saturated rings. The molecule has 1 aromatic carbocycles. The number of aryl methyl sites for hydroxylation is 1. The molecule has 2 unspecified atom stereocenters. The Balaban J connectivity index is 1.97. The Morgan fingerprint density at radius 2 is 1.86 bits per heavy atom. The SMILES string of the molecule is CC(=O)Nc1cc(NC(=O)NC2CCCCC2C)ccc1C. The predicted octanol–water partition coefficient (Wildman–Crippen LogP) is 3.65. The van der Waals surface area contributed by atoms with Crippen molar-refractivity contribution in [2.45, 2.75) is 52.5 Å². The van der Waals surface area contributed by atoms with Gasteiger partial charge in [-0.3, -0.25) is 4.79 Å². The van der Waals surface area contributed by atoms with E-state index >= 15 is 0 Å². The van der Waals surface area contributed by atoms with Gasteiger partial charge in [-0.15, -0.1) is 0 Å². The Labute approximate surface area is 131 Å². The molecule has 0 aromatic heterocycles. The number of benzene rings is 1.